The van der Waals surface area contributed by atoms with Gasteiger partial charge in [0.25, 0.3) is 0 Å². The lowest BCUT2D eigenvalue weighted by Gasteiger charge is -2.11. The minimum absolute atomic E-state index is 0.101. The third-order valence-corrected chi connectivity index (χ3v) is 4.38. The molecule has 6 nitrogen and oxygen atoms in total. The van der Waals surface area contributed by atoms with Crippen molar-refractivity contribution < 1.29 is 19.4 Å². The molecule has 0 saturated heterocycles. The van der Waals surface area contributed by atoms with E-state index in [9.17, 15) is 9.90 Å². The molecule has 0 amide bonds. The molecule has 0 atom stereocenters. The topological polar surface area (TPSA) is 81.5 Å². The number of aromatic carboxylic acids is 1. The fourth-order valence-electron chi connectivity index (χ4n) is 3.03. The highest BCUT2D eigenvalue weighted by Crippen LogP contribution is 2.31. The largest absolute Gasteiger partial charge is 0.478 e. The lowest BCUT2D eigenvalue weighted by molar-refractivity contribution is 0.0696. The first-order valence-corrected chi connectivity index (χ1v) is 9.06. The molecule has 0 fully saturated rings. The monoisotopic (exact) mass is 386 g/mol. The highest BCUT2D eigenvalue weighted by Gasteiger charge is 2.17. The summed E-state index contributed by atoms with van der Waals surface area (Å²) < 4.78 is 11.5. The van der Waals surface area contributed by atoms with Gasteiger partial charge in [-0.1, -0.05) is 60.7 Å². The van der Waals surface area contributed by atoms with E-state index in [1.807, 2.05) is 48.5 Å². The second kappa shape index (κ2) is 8.50. The van der Waals surface area contributed by atoms with Crippen molar-refractivity contribution in [2.75, 3.05) is 0 Å². The zero-order chi connectivity index (χ0) is 20.1. The molecule has 1 aromatic heterocycles. The Balaban J connectivity index is 1.52. The molecule has 0 spiro atoms. The van der Waals surface area contributed by atoms with Gasteiger partial charge in [0.15, 0.2) is 0 Å². The number of carboxylic acid groups (broad SMARTS) is 1. The summed E-state index contributed by atoms with van der Waals surface area (Å²) in [6, 6.07) is 22.2. The molecule has 3 aromatic carbocycles. The summed E-state index contributed by atoms with van der Waals surface area (Å²) in [5.41, 5.74) is 1.81. The van der Waals surface area contributed by atoms with Gasteiger partial charge in [-0.05, 0) is 22.4 Å². The summed E-state index contributed by atoms with van der Waals surface area (Å²) >= 11 is 0. The predicted molar refractivity (Wildman–Crippen MR) is 108 cm³/mol. The Morgan fingerprint density at radius 1 is 0.897 bits per heavy atom. The van der Waals surface area contributed by atoms with Gasteiger partial charge >= 0.3 is 5.97 Å². The molecule has 0 unspecified atom stereocenters. The molecule has 0 aliphatic heterocycles. The van der Waals surface area contributed by atoms with Gasteiger partial charge in [-0.2, -0.15) is 0 Å². The van der Waals surface area contributed by atoms with Gasteiger partial charge in [0.1, 0.15) is 17.6 Å². The Kier molecular flexibility index (Phi) is 5.45. The highest BCUT2D eigenvalue weighted by molar-refractivity contribution is 6.06. The summed E-state index contributed by atoms with van der Waals surface area (Å²) in [4.78, 5) is 20.1. The summed E-state index contributed by atoms with van der Waals surface area (Å²) in [6.07, 6.45) is 1.37. The zero-order valence-electron chi connectivity index (χ0n) is 15.5. The summed E-state index contributed by atoms with van der Waals surface area (Å²) in [6.45, 7) is 0.756. The van der Waals surface area contributed by atoms with Crippen molar-refractivity contribution in [3.05, 3.63) is 95.9 Å². The quantitative estimate of drug-likeness (QED) is 0.490. The number of benzene rings is 3. The van der Waals surface area contributed by atoms with Gasteiger partial charge in [-0.15, -0.1) is 0 Å². The van der Waals surface area contributed by atoms with Gasteiger partial charge in [0, 0.05) is 6.07 Å². The number of carboxylic acids is 1. The van der Waals surface area contributed by atoms with Crippen LogP contribution < -0.4 is 4.74 Å². The first-order valence-electron chi connectivity index (χ1n) is 9.06. The Morgan fingerprint density at radius 2 is 1.69 bits per heavy atom. The van der Waals surface area contributed by atoms with E-state index in [0.29, 0.717) is 17.7 Å². The van der Waals surface area contributed by atoms with Gasteiger partial charge < -0.3 is 14.6 Å². The van der Waals surface area contributed by atoms with Crippen LogP contribution in [0.5, 0.6) is 11.6 Å². The van der Waals surface area contributed by atoms with Crippen molar-refractivity contribution in [3.63, 3.8) is 0 Å². The van der Waals surface area contributed by atoms with E-state index in [1.165, 1.54) is 6.33 Å². The molecule has 0 radical (unpaired) electrons. The van der Waals surface area contributed by atoms with E-state index in [0.717, 1.165) is 10.9 Å². The normalized spacial score (nSPS) is 10.8. The van der Waals surface area contributed by atoms with Crippen LogP contribution in [0.3, 0.4) is 0 Å². The van der Waals surface area contributed by atoms with Gasteiger partial charge in [-0.3, -0.25) is 0 Å². The average Bonchev–Trinajstić information content (AvgIpc) is 2.74. The predicted octanol–water partition coefficient (Wildman–Crippen LogP) is 4.84. The summed E-state index contributed by atoms with van der Waals surface area (Å²) in [5, 5.41) is 11.1. The summed E-state index contributed by atoms with van der Waals surface area (Å²) in [7, 11) is 0. The van der Waals surface area contributed by atoms with Crippen molar-refractivity contribution in [2.24, 2.45) is 0 Å². The summed E-state index contributed by atoms with van der Waals surface area (Å²) in [5.74, 6) is -0.570. The van der Waals surface area contributed by atoms with Crippen LogP contribution in [0.1, 0.15) is 21.6 Å². The van der Waals surface area contributed by atoms with Gasteiger partial charge in [0.05, 0.1) is 18.9 Å². The van der Waals surface area contributed by atoms with Gasteiger partial charge in [0.2, 0.25) is 5.88 Å². The lowest BCUT2D eigenvalue weighted by Crippen LogP contribution is -2.03. The highest BCUT2D eigenvalue weighted by atomic mass is 16.5. The number of nitrogens with zero attached hydrogens (tertiary/aromatic N) is 2. The second-order valence-electron chi connectivity index (χ2n) is 6.39. The maximum atomic E-state index is 11.8. The van der Waals surface area contributed by atoms with Gasteiger partial charge in [-0.25, -0.2) is 14.8 Å². The van der Waals surface area contributed by atoms with Crippen molar-refractivity contribution in [2.45, 2.75) is 13.2 Å². The second-order valence-corrected chi connectivity index (χ2v) is 6.39. The molecule has 1 N–H and O–H groups in total. The first-order chi connectivity index (χ1) is 14.2. The van der Waals surface area contributed by atoms with Crippen LogP contribution in [0.2, 0.25) is 0 Å². The number of carbonyl (C=O) groups is 1. The standard InChI is InChI=1S/C23H18N2O4/c26-23(27)22-19-9-5-4-8-17(19)10-11-20(22)29-21-12-18(24-15-25-21)14-28-13-16-6-2-1-3-7-16/h1-12,15H,13-14H2,(H,26,27). The Morgan fingerprint density at radius 3 is 2.52 bits per heavy atom. The molecule has 4 aromatic rings. The molecular weight excluding hydrogens is 368 g/mol. The van der Waals surface area contributed by atoms with E-state index in [2.05, 4.69) is 9.97 Å². The number of fused-ring (bicyclic) bond motifs is 1. The van der Waals surface area contributed by atoms with Crippen LogP contribution in [0.25, 0.3) is 10.8 Å². The third-order valence-electron chi connectivity index (χ3n) is 4.38. The van der Waals surface area contributed by atoms with Crippen LogP contribution in [0.15, 0.2) is 79.1 Å². The maximum Gasteiger partial charge on any atom is 0.340 e. The Bertz CT molecular complexity index is 1150. The van der Waals surface area contributed by atoms with Crippen molar-refractivity contribution >= 4 is 16.7 Å². The molecule has 29 heavy (non-hydrogen) atoms. The van der Waals surface area contributed by atoms with Crippen LogP contribution in [-0.2, 0) is 18.0 Å². The fourth-order valence-corrected chi connectivity index (χ4v) is 3.03. The zero-order valence-corrected chi connectivity index (χ0v) is 15.5. The van der Waals surface area contributed by atoms with Crippen molar-refractivity contribution in [3.8, 4) is 11.6 Å². The van der Waals surface area contributed by atoms with Crippen LogP contribution in [0.4, 0.5) is 0 Å². The van der Waals surface area contributed by atoms with Crippen molar-refractivity contribution in [1.29, 1.82) is 0 Å². The van der Waals surface area contributed by atoms with Crippen LogP contribution >= 0.6 is 0 Å². The Hall–Kier alpha value is -3.77. The molecule has 0 bridgehead atoms. The van der Waals surface area contributed by atoms with Crippen LogP contribution in [0, 0.1) is 0 Å². The number of hydrogen-bond acceptors (Lipinski definition) is 5. The number of hydrogen-bond donors (Lipinski definition) is 1. The SMILES string of the molecule is O=C(O)c1c(Oc2cc(COCc3ccccc3)ncn2)ccc2ccccc12. The first kappa shape index (κ1) is 18.6. The smallest absolute Gasteiger partial charge is 0.340 e. The van der Waals surface area contributed by atoms with E-state index in [1.54, 1.807) is 24.3 Å². The molecular formula is C23H18N2O4. The number of rotatable bonds is 7. The van der Waals surface area contributed by atoms with E-state index >= 15 is 0 Å². The van der Waals surface area contributed by atoms with Crippen LogP contribution in [-0.4, -0.2) is 21.0 Å². The molecule has 4 rings (SSSR count). The molecule has 144 valence electrons. The number of aromatic nitrogens is 2. The van der Waals surface area contributed by atoms with E-state index in [4.69, 9.17) is 9.47 Å². The van der Waals surface area contributed by atoms with Crippen molar-refractivity contribution in [1.82, 2.24) is 9.97 Å². The Labute approximate surface area is 167 Å². The fraction of sp³-hybridized carbons (Fsp3) is 0.0870. The molecule has 0 aliphatic rings. The lowest BCUT2D eigenvalue weighted by atomic mass is 10.0. The average molecular weight is 386 g/mol. The number of ether oxygens (including phenoxy) is 2. The molecule has 0 saturated carbocycles. The molecule has 6 heteroatoms. The molecule has 1 heterocycles. The maximum absolute atomic E-state index is 11.8. The van der Waals surface area contributed by atoms with E-state index < -0.39 is 5.97 Å². The minimum atomic E-state index is -1.06. The minimum Gasteiger partial charge on any atom is -0.478 e. The molecule has 0 aliphatic carbocycles. The third kappa shape index (κ3) is 4.39. The van der Waals surface area contributed by atoms with E-state index in [-0.39, 0.29) is 23.8 Å².